The summed E-state index contributed by atoms with van der Waals surface area (Å²) in [5.74, 6) is 0.509. The molecule has 0 aliphatic rings. The Balaban J connectivity index is 2.42. The zero-order valence-electron chi connectivity index (χ0n) is 10.6. The number of carbonyl (C=O) groups is 1. The first-order valence-corrected chi connectivity index (χ1v) is 6.89. The maximum Gasteiger partial charge on any atom is 0.251 e. The minimum atomic E-state index is 0.0157. The molecule has 0 bridgehead atoms. The van der Waals surface area contributed by atoms with E-state index in [1.165, 1.54) is 4.90 Å². The zero-order valence-corrected chi connectivity index (χ0v) is 12.7. The maximum atomic E-state index is 11.8. The molecular formula is C13H20IN2O+. The zero-order chi connectivity index (χ0) is 12.8. The van der Waals surface area contributed by atoms with E-state index in [9.17, 15) is 4.79 Å². The van der Waals surface area contributed by atoms with E-state index < -0.39 is 0 Å². The molecule has 94 valence electrons. The minimum absolute atomic E-state index is 0.0157. The Labute approximate surface area is 117 Å². The molecule has 17 heavy (non-hydrogen) atoms. The normalized spacial score (nSPS) is 12.5. The van der Waals surface area contributed by atoms with Crippen LogP contribution in [0.2, 0.25) is 0 Å². The van der Waals surface area contributed by atoms with E-state index in [0.29, 0.717) is 5.92 Å². The second kappa shape index (κ2) is 6.96. The number of carbonyl (C=O) groups excluding carboxylic acids is 1. The van der Waals surface area contributed by atoms with Crippen LogP contribution in [0.4, 0.5) is 0 Å². The molecule has 0 unspecified atom stereocenters. The Morgan fingerprint density at radius 1 is 1.35 bits per heavy atom. The lowest BCUT2D eigenvalue weighted by Crippen LogP contribution is -3.06. The van der Waals surface area contributed by atoms with E-state index in [2.05, 4.69) is 48.9 Å². The summed E-state index contributed by atoms with van der Waals surface area (Å²) in [5.41, 5.74) is 0.731. The van der Waals surface area contributed by atoms with Crippen molar-refractivity contribution in [1.29, 1.82) is 0 Å². The minimum Gasteiger partial charge on any atom is -0.352 e. The van der Waals surface area contributed by atoms with Crippen LogP contribution in [0.3, 0.4) is 0 Å². The largest absolute Gasteiger partial charge is 0.352 e. The third-order valence-corrected chi connectivity index (χ3v) is 3.19. The highest BCUT2D eigenvalue weighted by molar-refractivity contribution is 14.1. The Morgan fingerprint density at radius 3 is 2.47 bits per heavy atom. The summed E-state index contributed by atoms with van der Waals surface area (Å²) < 4.78 is 1.14. The molecule has 0 heterocycles. The van der Waals surface area contributed by atoms with E-state index in [1.54, 1.807) is 0 Å². The molecule has 1 aromatic carbocycles. The number of halogens is 1. The fourth-order valence-electron chi connectivity index (χ4n) is 1.74. The predicted octanol–water partition coefficient (Wildman–Crippen LogP) is 0.802. The van der Waals surface area contributed by atoms with Crippen LogP contribution in [-0.4, -0.2) is 33.1 Å². The van der Waals surface area contributed by atoms with Gasteiger partial charge < -0.3 is 10.2 Å². The van der Waals surface area contributed by atoms with E-state index in [1.807, 2.05) is 24.3 Å². The van der Waals surface area contributed by atoms with Gasteiger partial charge in [-0.2, -0.15) is 0 Å². The Bertz CT molecular complexity index is 362. The predicted molar refractivity (Wildman–Crippen MR) is 78.3 cm³/mol. The highest BCUT2D eigenvalue weighted by atomic mass is 127. The Morgan fingerprint density at radius 2 is 1.94 bits per heavy atom. The molecule has 3 nitrogen and oxygen atoms in total. The van der Waals surface area contributed by atoms with E-state index in [4.69, 9.17) is 0 Å². The SMILES string of the molecule is C[C@@H](CNC(=O)c1ccc(I)cc1)C[NH+](C)C. The number of quaternary nitrogens is 1. The van der Waals surface area contributed by atoms with Crippen LogP contribution >= 0.6 is 22.6 Å². The highest BCUT2D eigenvalue weighted by Crippen LogP contribution is 2.06. The highest BCUT2D eigenvalue weighted by Gasteiger charge is 2.09. The van der Waals surface area contributed by atoms with Gasteiger partial charge in [0.15, 0.2) is 0 Å². The van der Waals surface area contributed by atoms with Crippen LogP contribution in [0, 0.1) is 9.49 Å². The van der Waals surface area contributed by atoms with E-state index in [0.717, 1.165) is 22.2 Å². The van der Waals surface area contributed by atoms with Crippen molar-refractivity contribution in [2.45, 2.75) is 6.92 Å². The van der Waals surface area contributed by atoms with Crippen molar-refractivity contribution < 1.29 is 9.69 Å². The van der Waals surface area contributed by atoms with Crippen LogP contribution in [0.25, 0.3) is 0 Å². The number of hydrogen-bond acceptors (Lipinski definition) is 1. The van der Waals surface area contributed by atoms with Gasteiger partial charge >= 0.3 is 0 Å². The van der Waals surface area contributed by atoms with Crippen LogP contribution in [0.15, 0.2) is 24.3 Å². The van der Waals surface area contributed by atoms with Gasteiger partial charge in [-0.1, -0.05) is 6.92 Å². The van der Waals surface area contributed by atoms with Gasteiger partial charge in [-0.05, 0) is 46.9 Å². The van der Waals surface area contributed by atoms with Crippen LogP contribution in [-0.2, 0) is 0 Å². The Kier molecular flexibility index (Phi) is 5.91. The lowest BCUT2D eigenvalue weighted by atomic mass is 10.1. The van der Waals surface area contributed by atoms with Gasteiger partial charge in [0, 0.05) is 21.6 Å². The van der Waals surface area contributed by atoms with Gasteiger partial charge in [-0.15, -0.1) is 0 Å². The molecule has 2 N–H and O–H groups in total. The summed E-state index contributed by atoms with van der Waals surface area (Å²) in [4.78, 5) is 13.2. The molecule has 4 heteroatoms. The van der Waals surface area contributed by atoms with Crippen molar-refractivity contribution in [3.05, 3.63) is 33.4 Å². The van der Waals surface area contributed by atoms with Crippen LogP contribution in [0.5, 0.6) is 0 Å². The first-order chi connectivity index (χ1) is 7.99. The van der Waals surface area contributed by atoms with Crippen molar-refractivity contribution in [1.82, 2.24) is 5.32 Å². The molecule has 0 spiro atoms. The second-order valence-corrected chi connectivity index (χ2v) is 5.98. The monoisotopic (exact) mass is 347 g/mol. The van der Waals surface area contributed by atoms with E-state index >= 15 is 0 Å². The van der Waals surface area contributed by atoms with E-state index in [-0.39, 0.29) is 5.91 Å². The quantitative estimate of drug-likeness (QED) is 0.760. The van der Waals surface area contributed by atoms with Gasteiger partial charge in [0.05, 0.1) is 20.6 Å². The number of amides is 1. The molecular weight excluding hydrogens is 327 g/mol. The molecule has 0 saturated heterocycles. The summed E-state index contributed by atoms with van der Waals surface area (Å²) >= 11 is 2.23. The number of nitrogens with one attached hydrogen (secondary N) is 2. The van der Waals surface area contributed by atoms with Gasteiger partial charge in [0.2, 0.25) is 0 Å². The van der Waals surface area contributed by atoms with Gasteiger partial charge in [-0.3, -0.25) is 4.79 Å². The molecule has 0 aliphatic carbocycles. The van der Waals surface area contributed by atoms with Crippen molar-refractivity contribution in [2.24, 2.45) is 5.92 Å². The number of rotatable bonds is 5. The molecule has 1 atom stereocenters. The third kappa shape index (κ3) is 5.50. The lowest BCUT2D eigenvalue weighted by Gasteiger charge is -2.15. The average molecular weight is 347 g/mol. The molecule has 0 aliphatic heterocycles. The maximum absolute atomic E-state index is 11.8. The number of hydrogen-bond donors (Lipinski definition) is 2. The lowest BCUT2D eigenvalue weighted by molar-refractivity contribution is -0.861. The molecule has 0 saturated carbocycles. The fourth-order valence-corrected chi connectivity index (χ4v) is 2.10. The van der Waals surface area contributed by atoms with Crippen molar-refractivity contribution in [3.63, 3.8) is 0 Å². The summed E-state index contributed by atoms with van der Waals surface area (Å²) in [6, 6.07) is 7.61. The fraction of sp³-hybridized carbons (Fsp3) is 0.462. The van der Waals surface area contributed by atoms with Gasteiger partial charge in [-0.25, -0.2) is 0 Å². The van der Waals surface area contributed by atoms with Crippen LogP contribution < -0.4 is 10.2 Å². The average Bonchev–Trinajstić information content (AvgIpc) is 2.26. The standard InChI is InChI=1S/C13H19IN2O/c1-10(9-16(2)3)8-15-13(17)11-4-6-12(14)7-5-11/h4-7,10H,8-9H2,1-3H3,(H,15,17)/p+1/t10-/m0/s1. The summed E-state index contributed by atoms with van der Waals surface area (Å²) in [7, 11) is 4.24. The third-order valence-electron chi connectivity index (χ3n) is 2.47. The van der Waals surface area contributed by atoms with Gasteiger partial charge in [0.25, 0.3) is 5.91 Å². The molecule has 0 aromatic heterocycles. The topological polar surface area (TPSA) is 33.5 Å². The van der Waals surface area contributed by atoms with Crippen molar-refractivity contribution in [3.8, 4) is 0 Å². The van der Waals surface area contributed by atoms with Crippen molar-refractivity contribution in [2.75, 3.05) is 27.2 Å². The summed E-state index contributed by atoms with van der Waals surface area (Å²) in [6.45, 7) is 3.95. The second-order valence-electron chi connectivity index (χ2n) is 4.73. The van der Waals surface area contributed by atoms with Crippen LogP contribution in [0.1, 0.15) is 17.3 Å². The molecule has 1 aromatic rings. The number of benzene rings is 1. The molecule has 1 rings (SSSR count). The summed E-state index contributed by atoms with van der Waals surface area (Å²) in [5, 5.41) is 2.97. The smallest absolute Gasteiger partial charge is 0.251 e. The Hall–Kier alpha value is -0.620. The first kappa shape index (κ1) is 14.4. The van der Waals surface area contributed by atoms with Gasteiger partial charge in [0.1, 0.15) is 0 Å². The van der Waals surface area contributed by atoms with Crippen molar-refractivity contribution >= 4 is 28.5 Å². The summed E-state index contributed by atoms with van der Waals surface area (Å²) in [6.07, 6.45) is 0. The molecule has 0 radical (unpaired) electrons. The molecule has 1 amide bonds. The molecule has 0 fully saturated rings. The first-order valence-electron chi connectivity index (χ1n) is 5.82.